The van der Waals surface area contributed by atoms with Gasteiger partial charge in [-0.25, -0.2) is 0 Å². The molecule has 17 heavy (non-hydrogen) atoms. The SMILES string of the molecule is CCN(C1CCCC1)C1(CN)CCCC1(C)C. The third kappa shape index (κ3) is 2.04. The Bertz CT molecular complexity index is 256. The highest BCUT2D eigenvalue weighted by Crippen LogP contribution is 2.50. The van der Waals surface area contributed by atoms with Crippen molar-refractivity contribution in [2.24, 2.45) is 11.1 Å². The summed E-state index contributed by atoms with van der Waals surface area (Å²) in [6.07, 6.45) is 9.63. The Morgan fingerprint density at radius 1 is 1.12 bits per heavy atom. The van der Waals surface area contributed by atoms with Gasteiger partial charge in [-0.05, 0) is 37.6 Å². The van der Waals surface area contributed by atoms with Gasteiger partial charge in [0, 0.05) is 18.1 Å². The smallest absolute Gasteiger partial charge is 0.0385 e. The molecule has 2 saturated carbocycles. The first-order valence-electron chi connectivity index (χ1n) is 7.54. The van der Waals surface area contributed by atoms with Gasteiger partial charge in [0.05, 0.1) is 0 Å². The van der Waals surface area contributed by atoms with E-state index < -0.39 is 0 Å². The highest BCUT2D eigenvalue weighted by molar-refractivity contribution is 5.08. The van der Waals surface area contributed by atoms with Crippen LogP contribution in [0.15, 0.2) is 0 Å². The molecule has 0 aromatic rings. The molecule has 0 aromatic heterocycles. The van der Waals surface area contributed by atoms with Crippen molar-refractivity contribution in [1.82, 2.24) is 4.90 Å². The van der Waals surface area contributed by atoms with Crippen molar-refractivity contribution in [1.29, 1.82) is 0 Å². The summed E-state index contributed by atoms with van der Waals surface area (Å²) < 4.78 is 0. The summed E-state index contributed by atoms with van der Waals surface area (Å²) in [6.45, 7) is 9.20. The van der Waals surface area contributed by atoms with Gasteiger partial charge in [-0.3, -0.25) is 4.90 Å². The van der Waals surface area contributed by atoms with Crippen LogP contribution in [0.4, 0.5) is 0 Å². The van der Waals surface area contributed by atoms with Crippen LogP contribution < -0.4 is 5.73 Å². The van der Waals surface area contributed by atoms with Gasteiger partial charge >= 0.3 is 0 Å². The Morgan fingerprint density at radius 3 is 2.18 bits per heavy atom. The molecule has 2 heteroatoms. The van der Waals surface area contributed by atoms with E-state index in [9.17, 15) is 0 Å². The van der Waals surface area contributed by atoms with E-state index in [0.29, 0.717) is 5.41 Å². The maximum Gasteiger partial charge on any atom is 0.0385 e. The fraction of sp³-hybridized carbons (Fsp3) is 1.00. The van der Waals surface area contributed by atoms with E-state index >= 15 is 0 Å². The highest BCUT2D eigenvalue weighted by atomic mass is 15.3. The average Bonchev–Trinajstić information content (AvgIpc) is 2.89. The van der Waals surface area contributed by atoms with Crippen LogP contribution in [-0.4, -0.2) is 29.6 Å². The van der Waals surface area contributed by atoms with E-state index in [1.807, 2.05) is 0 Å². The maximum absolute atomic E-state index is 6.25. The molecule has 0 radical (unpaired) electrons. The molecule has 2 rings (SSSR count). The minimum atomic E-state index is 0.275. The van der Waals surface area contributed by atoms with Gasteiger partial charge in [0.1, 0.15) is 0 Å². The van der Waals surface area contributed by atoms with Gasteiger partial charge in [0.15, 0.2) is 0 Å². The Balaban J connectivity index is 2.25. The zero-order valence-corrected chi connectivity index (χ0v) is 12.0. The lowest BCUT2D eigenvalue weighted by Gasteiger charge is -2.52. The van der Waals surface area contributed by atoms with Crippen LogP contribution in [0.2, 0.25) is 0 Å². The third-order valence-electron chi connectivity index (χ3n) is 5.65. The first-order valence-corrected chi connectivity index (χ1v) is 7.54. The van der Waals surface area contributed by atoms with E-state index in [0.717, 1.165) is 12.6 Å². The Morgan fingerprint density at radius 2 is 1.76 bits per heavy atom. The number of nitrogens with zero attached hydrogens (tertiary/aromatic N) is 1. The molecule has 0 aliphatic heterocycles. The molecule has 2 nitrogen and oxygen atoms in total. The molecule has 0 saturated heterocycles. The molecular weight excluding hydrogens is 208 g/mol. The van der Waals surface area contributed by atoms with Crippen LogP contribution in [0.3, 0.4) is 0 Å². The summed E-state index contributed by atoms with van der Waals surface area (Å²) in [5.41, 5.74) is 6.91. The van der Waals surface area contributed by atoms with Gasteiger partial charge in [-0.1, -0.05) is 40.0 Å². The lowest BCUT2D eigenvalue weighted by atomic mass is 9.73. The van der Waals surface area contributed by atoms with Gasteiger partial charge in [-0.15, -0.1) is 0 Å². The summed E-state index contributed by atoms with van der Waals surface area (Å²) in [6, 6.07) is 0.806. The van der Waals surface area contributed by atoms with Gasteiger partial charge in [0.2, 0.25) is 0 Å². The fourth-order valence-corrected chi connectivity index (χ4v) is 4.55. The van der Waals surface area contributed by atoms with Gasteiger partial charge in [-0.2, -0.15) is 0 Å². The van der Waals surface area contributed by atoms with E-state index in [2.05, 4.69) is 25.7 Å². The largest absolute Gasteiger partial charge is 0.329 e. The zero-order chi connectivity index (χ0) is 12.5. The molecule has 0 amide bonds. The second-order valence-electron chi connectivity index (χ2n) is 6.70. The predicted octanol–water partition coefficient (Wildman–Crippen LogP) is 3.16. The van der Waals surface area contributed by atoms with Crippen molar-refractivity contribution in [3.8, 4) is 0 Å². The molecular formula is C15H30N2. The Kier molecular flexibility index (Phi) is 3.84. The van der Waals surface area contributed by atoms with Gasteiger partial charge in [0.25, 0.3) is 0 Å². The van der Waals surface area contributed by atoms with Crippen LogP contribution in [0.5, 0.6) is 0 Å². The van der Waals surface area contributed by atoms with Gasteiger partial charge < -0.3 is 5.73 Å². The van der Waals surface area contributed by atoms with Crippen LogP contribution in [0.1, 0.15) is 65.7 Å². The third-order valence-corrected chi connectivity index (χ3v) is 5.65. The van der Waals surface area contributed by atoms with E-state index in [1.165, 1.54) is 51.5 Å². The van der Waals surface area contributed by atoms with Crippen molar-refractivity contribution in [2.75, 3.05) is 13.1 Å². The topological polar surface area (TPSA) is 29.3 Å². The molecule has 2 aliphatic rings. The first-order chi connectivity index (χ1) is 8.07. The summed E-state index contributed by atoms with van der Waals surface area (Å²) in [7, 11) is 0. The molecule has 1 unspecified atom stereocenters. The van der Waals surface area contributed by atoms with E-state index in [1.54, 1.807) is 0 Å². The standard InChI is InChI=1S/C15H30N2/c1-4-17(13-8-5-6-9-13)15(12-16)11-7-10-14(15,2)3/h13H,4-12,16H2,1-3H3. The number of hydrogen-bond donors (Lipinski definition) is 1. The predicted molar refractivity (Wildman–Crippen MR) is 74.1 cm³/mol. The molecule has 0 aromatic carbocycles. The van der Waals surface area contributed by atoms with Crippen LogP contribution >= 0.6 is 0 Å². The molecule has 1 atom stereocenters. The maximum atomic E-state index is 6.25. The Labute approximate surface area is 107 Å². The van der Waals surface area contributed by atoms with Crippen LogP contribution in [-0.2, 0) is 0 Å². The Hall–Kier alpha value is -0.0800. The van der Waals surface area contributed by atoms with E-state index in [4.69, 9.17) is 5.73 Å². The molecule has 2 fully saturated rings. The fourth-order valence-electron chi connectivity index (χ4n) is 4.55. The number of hydrogen-bond acceptors (Lipinski definition) is 2. The van der Waals surface area contributed by atoms with Crippen molar-refractivity contribution in [3.05, 3.63) is 0 Å². The second kappa shape index (κ2) is 4.89. The van der Waals surface area contributed by atoms with Crippen molar-refractivity contribution in [3.63, 3.8) is 0 Å². The average molecular weight is 238 g/mol. The first kappa shape index (κ1) is 13.4. The molecule has 0 heterocycles. The number of likely N-dealkylation sites (N-methyl/N-ethyl adjacent to an activating group) is 1. The second-order valence-corrected chi connectivity index (χ2v) is 6.70. The minimum Gasteiger partial charge on any atom is -0.329 e. The monoisotopic (exact) mass is 238 g/mol. The van der Waals surface area contributed by atoms with Crippen LogP contribution in [0, 0.1) is 5.41 Å². The minimum absolute atomic E-state index is 0.275. The summed E-state index contributed by atoms with van der Waals surface area (Å²) in [5, 5.41) is 0. The summed E-state index contributed by atoms with van der Waals surface area (Å²) in [5.74, 6) is 0. The quantitative estimate of drug-likeness (QED) is 0.815. The molecule has 2 aliphatic carbocycles. The van der Waals surface area contributed by atoms with Crippen molar-refractivity contribution in [2.45, 2.75) is 77.3 Å². The molecule has 0 bridgehead atoms. The zero-order valence-electron chi connectivity index (χ0n) is 12.0. The van der Waals surface area contributed by atoms with Crippen molar-refractivity contribution < 1.29 is 0 Å². The summed E-state index contributed by atoms with van der Waals surface area (Å²) in [4.78, 5) is 2.78. The summed E-state index contributed by atoms with van der Waals surface area (Å²) >= 11 is 0. The molecule has 2 N–H and O–H groups in total. The molecule has 100 valence electrons. The lowest BCUT2D eigenvalue weighted by Crippen LogP contribution is -2.62. The number of rotatable bonds is 4. The normalized spacial score (nSPS) is 33.7. The van der Waals surface area contributed by atoms with E-state index in [-0.39, 0.29) is 5.54 Å². The van der Waals surface area contributed by atoms with Crippen LogP contribution in [0.25, 0.3) is 0 Å². The lowest BCUT2D eigenvalue weighted by molar-refractivity contribution is -0.0140. The molecule has 0 spiro atoms. The van der Waals surface area contributed by atoms with Crippen molar-refractivity contribution >= 4 is 0 Å². The number of nitrogens with two attached hydrogens (primary N) is 1. The highest BCUT2D eigenvalue weighted by Gasteiger charge is 2.52.